The number of halogens is 3. The molecule has 0 radical (unpaired) electrons. The maximum atomic E-state index is 12.0. The molecule has 0 spiro atoms. The first-order chi connectivity index (χ1) is 9.48. The molecule has 0 fully saturated rings. The van der Waals surface area contributed by atoms with Gasteiger partial charge in [-0.05, 0) is 42.3 Å². The van der Waals surface area contributed by atoms with E-state index >= 15 is 0 Å². The predicted molar refractivity (Wildman–Crippen MR) is 69.0 cm³/mol. The fraction of sp³-hybridized carbons (Fsp3) is 0.200. The van der Waals surface area contributed by atoms with E-state index < -0.39 is 6.36 Å². The van der Waals surface area contributed by atoms with E-state index in [0.717, 1.165) is 12.0 Å². The summed E-state index contributed by atoms with van der Waals surface area (Å²) < 4.78 is 45.5. The number of benzene rings is 2. The Kier molecular flexibility index (Phi) is 4.17. The van der Waals surface area contributed by atoms with Gasteiger partial charge in [0.05, 0.1) is 0 Å². The molecule has 0 amide bonds. The fourth-order valence-electron chi connectivity index (χ4n) is 1.73. The third-order valence-corrected chi connectivity index (χ3v) is 2.64. The van der Waals surface area contributed by atoms with Gasteiger partial charge < -0.3 is 9.47 Å². The van der Waals surface area contributed by atoms with Crippen LogP contribution >= 0.6 is 0 Å². The number of hydrogen-bond donors (Lipinski definition) is 0. The van der Waals surface area contributed by atoms with Crippen molar-refractivity contribution in [2.75, 3.05) is 0 Å². The van der Waals surface area contributed by atoms with Gasteiger partial charge in [0, 0.05) is 0 Å². The molecule has 0 bridgehead atoms. The van der Waals surface area contributed by atoms with E-state index in [0.29, 0.717) is 11.5 Å². The lowest BCUT2D eigenvalue weighted by Crippen LogP contribution is -2.16. The molecule has 5 heteroatoms. The summed E-state index contributed by atoms with van der Waals surface area (Å²) in [6, 6.07) is 12.8. The number of rotatable bonds is 4. The van der Waals surface area contributed by atoms with Crippen molar-refractivity contribution < 1.29 is 22.6 Å². The highest BCUT2D eigenvalue weighted by Crippen LogP contribution is 2.29. The molecule has 2 rings (SSSR count). The first kappa shape index (κ1) is 14.2. The SMILES string of the molecule is CCc1ccccc1Oc1ccc(OC(F)(F)F)cc1. The Morgan fingerprint density at radius 1 is 0.900 bits per heavy atom. The Bertz CT molecular complexity index is 562. The second-order valence-corrected chi connectivity index (χ2v) is 4.08. The smallest absolute Gasteiger partial charge is 0.457 e. The molecule has 0 heterocycles. The Morgan fingerprint density at radius 2 is 1.50 bits per heavy atom. The Balaban J connectivity index is 2.11. The summed E-state index contributed by atoms with van der Waals surface area (Å²) in [4.78, 5) is 0. The molecule has 2 aromatic rings. The van der Waals surface area contributed by atoms with Crippen LogP contribution in [0.1, 0.15) is 12.5 Å². The van der Waals surface area contributed by atoms with Crippen molar-refractivity contribution in [3.63, 3.8) is 0 Å². The predicted octanol–water partition coefficient (Wildman–Crippen LogP) is 4.94. The Labute approximate surface area is 114 Å². The van der Waals surface area contributed by atoms with Gasteiger partial charge in [0.15, 0.2) is 0 Å². The van der Waals surface area contributed by atoms with Crippen molar-refractivity contribution in [3.05, 3.63) is 54.1 Å². The molecule has 0 aliphatic carbocycles. The van der Waals surface area contributed by atoms with E-state index in [-0.39, 0.29) is 5.75 Å². The van der Waals surface area contributed by atoms with Crippen molar-refractivity contribution in [2.45, 2.75) is 19.7 Å². The van der Waals surface area contributed by atoms with E-state index in [9.17, 15) is 13.2 Å². The Morgan fingerprint density at radius 3 is 2.10 bits per heavy atom. The van der Waals surface area contributed by atoms with E-state index in [2.05, 4.69) is 4.74 Å². The lowest BCUT2D eigenvalue weighted by molar-refractivity contribution is -0.274. The monoisotopic (exact) mass is 282 g/mol. The van der Waals surface area contributed by atoms with Gasteiger partial charge in [-0.15, -0.1) is 13.2 Å². The quantitative estimate of drug-likeness (QED) is 0.790. The van der Waals surface area contributed by atoms with Crippen molar-refractivity contribution >= 4 is 0 Å². The largest absolute Gasteiger partial charge is 0.573 e. The topological polar surface area (TPSA) is 18.5 Å². The number of aryl methyl sites for hydroxylation is 1. The average molecular weight is 282 g/mol. The van der Waals surface area contributed by atoms with Gasteiger partial charge in [0.2, 0.25) is 0 Å². The van der Waals surface area contributed by atoms with Gasteiger partial charge in [0.25, 0.3) is 0 Å². The minimum atomic E-state index is -4.68. The van der Waals surface area contributed by atoms with Crippen LogP contribution in [-0.2, 0) is 6.42 Å². The van der Waals surface area contributed by atoms with Crippen LogP contribution in [0.15, 0.2) is 48.5 Å². The molecule has 2 nitrogen and oxygen atoms in total. The van der Waals surface area contributed by atoms with Gasteiger partial charge >= 0.3 is 6.36 Å². The summed E-state index contributed by atoms with van der Waals surface area (Å²) in [5, 5.41) is 0. The van der Waals surface area contributed by atoms with E-state index in [1.165, 1.54) is 24.3 Å². The number of para-hydroxylation sites is 1. The second-order valence-electron chi connectivity index (χ2n) is 4.08. The third kappa shape index (κ3) is 3.91. The van der Waals surface area contributed by atoms with Gasteiger partial charge in [-0.1, -0.05) is 25.1 Å². The minimum absolute atomic E-state index is 0.270. The van der Waals surface area contributed by atoms with Crippen LogP contribution in [0.5, 0.6) is 17.2 Å². The van der Waals surface area contributed by atoms with Gasteiger partial charge in [-0.25, -0.2) is 0 Å². The maximum Gasteiger partial charge on any atom is 0.573 e. The molecular weight excluding hydrogens is 269 g/mol. The molecule has 0 aliphatic rings. The molecule has 106 valence electrons. The molecule has 0 saturated heterocycles. The maximum absolute atomic E-state index is 12.0. The van der Waals surface area contributed by atoms with E-state index in [1.54, 1.807) is 0 Å². The van der Waals surface area contributed by atoms with Crippen LogP contribution in [0, 0.1) is 0 Å². The van der Waals surface area contributed by atoms with Gasteiger partial charge in [-0.3, -0.25) is 0 Å². The minimum Gasteiger partial charge on any atom is -0.457 e. The van der Waals surface area contributed by atoms with Crippen molar-refractivity contribution in [2.24, 2.45) is 0 Å². The average Bonchev–Trinajstić information content (AvgIpc) is 2.40. The zero-order valence-electron chi connectivity index (χ0n) is 10.8. The first-order valence-electron chi connectivity index (χ1n) is 6.09. The highest BCUT2D eigenvalue weighted by Gasteiger charge is 2.30. The van der Waals surface area contributed by atoms with Crippen LogP contribution in [0.3, 0.4) is 0 Å². The summed E-state index contributed by atoms with van der Waals surface area (Å²) in [6.45, 7) is 2.00. The summed E-state index contributed by atoms with van der Waals surface area (Å²) >= 11 is 0. The number of hydrogen-bond acceptors (Lipinski definition) is 2. The fourth-order valence-corrected chi connectivity index (χ4v) is 1.73. The zero-order chi connectivity index (χ0) is 14.6. The number of alkyl halides is 3. The molecule has 0 saturated carbocycles. The molecule has 20 heavy (non-hydrogen) atoms. The summed E-state index contributed by atoms with van der Waals surface area (Å²) in [5.41, 5.74) is 1.03. The molecule has 0 aliphatic heterocycles. The first-order valence-corrected chi connectivity index (χ1v) is 6.09. The lowest BCUT2D eigenvalue weighted by Gasteiger charge is -2.11. The van der Waals surface area contributed by atoms with Crippen LogP contribution < -0.4 is 9.47 Å². The summed E-state index contributed by atoms with van der Waals surface area (Å²) in [6.07, 6.45) is -3.87. The highest BCUT2D eigenvalue weighted by atomic mass is 19.4. The van der Waals surface area contributed by atoms with E-state index in [1.807, 2.05) is 31.2 Å². The number of ether oxygens (including phenoxy) is 2. The second kappa shape index (κ2) is 5.86. The molecule has 0 unspecified atom stereocenters. The summed E-state index contributed by atoms with van der Waals surface area (Å²) in [7, 11) is 0. The highest BCUT2D eigenvalue weighted by molar-refractivity contribution is 5.39. The Hall–Kier alpha value is -2.17. The zero-order valence-corrected chi connectivity index (χ0v) is 10.8. The lowest BCUT2D eigenvalue weighted by atomic mass is 10.1. The van der Waals surface area contributed by atoms with Crippen molar-refractivity contribution in [1.82, 2.24) is 0 Å². The standard InChI is InChI=1S/C15H13F3O2/c1-2-11-5-3-4-6-14(11)19-12-7-9-13(10-8-12)20-15(16,17)18/h3-10H,2H2,1H3. The van der Waals surface area contributed by atoms with Crippen molar-refractivity contribution in [1.29, 1.82) is 0 Å². The van der Waals surface area contributed by atoms with Crippen LogP contribution in [0.2, 0.25) is 0 Å². The molecular formula is C15H13F3O2. The van der Waals surface area contributed by atoms with Crippen molar-refractivity contribution in [3.8, 4) is 17.2 Å². The van der Waals surface area contributed by atoms with Gasteiger partial charge in [-0.2, -0.15) is 0 Å². The van der Waals surface area contributed by atoms with Crippen LogP contribution in [-0.4, -0.2) is 6.36 Å². The molecule has 0 aromatic heterocycles. The van der Waals surface area contributed by atoms with E-state index in [4.69, 9.17) is 4.74 Å². The molecule has 0 atom stereocenters. The normalized spacial score (nSPS) is 11.2. The van der Waals surface area contributed by atoms with Crippen LogP contribution in [0.25, 0.3) is 0 Å². The van der Waals surface area contributed by atoms with Gasteiger partial charge in [0.1, 0.15) is 17.2 Å². The van der Waals surface area contributed by atoms with Crippen LogP contribution in [0.4, 0.5) is 13.2 Å². The third-order valence-electron chi connectivity index (χ3n) is 2.64. The molecule has 0 N–H and O–H groups in total. The molecule has 2 aromatic carbocycles. The summed E-state index contributed by atoms with van der Waals surface area (Å²) in [5.74, 6) is 0.883.